The van der Waals surface area contributed by atoms with E-state index in [1.807, 2.05) is 0 Å². The highest BCUT2D eigenvalue weighted by Crippen LogP contribution is 2.19. The molecule has 1 atom stereocenters. The van der Waals surface area contributed by atoms with Gasteiger partial charge < -0.3 is 9.80 Å². The molecule has 14 heavy (non-hydrogen) atoms. The first-order chi connectivity index (χ1) is 6.88. The van der Waals surface area contributed by atoms with Gasteiger partial charge in [-0.05, 0) is 57.8 Å². The molecule has 2 rings (SSSR count). The van der Waals surface area contributed by atoms with Crippen LogP contribution < -0.4 is 0 Å². The van der Waals surface area contributed by atoms with Gasteiger partial charge in [0.25, 0.3) is 0 Å². The highest BCUT2D eigenvalue weighted by Gasteiger charge is 2.24. The Bertz CT molecular complexity index is 164. The quantitative estimate of drug-likeness (QED) is 0.676. The monoisotopic (exact) mass is 196 g/mol. The molecule has 2 aliphatic rings. The fourth-order valence-electron chi connectivity index (χ4n) is 2.91. The van der Waals surface area contributed by atoms with Crippen LogP contribution in [0.5, 0.6) is 0 Å². The van der Waals surface area contributed by atoms with Crippen LogP contribution in [-0.2, 0) is 0 Å². The van der Waals surface area contributed by atoms with Gasteiger partial charge in [-0.1, -0.05) is 6.92 Å². The average Bonchev–Trinajstić information content (AvgIpc) is 2.79. The van der Waals surface area contributed by atoms with E-state index in [1.54, 1.807) is 0 Å². The van der Waals surface area contributed by atoms with Crippen molar-refractivity contribution >= 4 is 0 Å². The van der Waals surface area contributed by atoms with Crippen LogP contribution in [0.2, 0.25) is 0 Å². The molecule has 0 bridgehead atoms. The summed E-state index contributed by atoms with van der Waals surface area (Å²) in [4.78, 5) is 5.31. The zero-order valence-electron chi connectivity index (χ0n) is 9.54. The summed E-state index contributed by atoms with van der Waals surface area (Å²) in [5, 5.41) is 0. The smallest absolute Gasteiger partial charge is 0.00224 e. The third kappa shape index (κ3) is 2.71. The number of hydrogen-bond acceptors (Lipinski definition) is 2. The molecule has 2 heteroatoms. The van der Waals surface area contributed by atoms with Crippen molar-refractivity contribution in [3.8, 4) is 0 Å². The van der Waals surface area contributed by atoms with Crippen LogP contribution in [0.3, 0.4) is 0 Å². The van der Waals surface area contributed by atoms with E-state index in [4.69, 9.17) is 0 Å². The van der Waals surface area contributed by atoms with E-state index in [-0.39, 0.29) is 0 Å². The Kier molecular flexibility index (Phi) is 3.82. The van der Waals surface area contributed by atoms with Crippen LogP contribution in [0.4, 0.5) is 0 Å². The summed E-state index contributed by atoms with van der Waals surface area (Å²) in [5.41, 5.74) is 0. The SMILES string of the molecule is CCCN1CCC(CN2CCCC2)C1. The lowest BCUT2D eigenvalue weighted by Crippen LogP contribution is -2.29. The first-order valence-corrected chi connectivity index (χ1v) is 6.33. The molecule has 0 amide bonds. The molecule has 2 saturated heterocycles. The minimum atomic E-state index is 0.972. The fourth-order valence-corrected chi connectivity index (χ4v) is 2.91. The second-order valence-electron chi connectivity index (χ2n) is 4.96. The topological polar surface area (TPSA) is 6.48 Å². The Morgan fingerprint density at radius 2 is 1.86 bits per heavy atom. The molecule has 0 radical (unpaired) electrons. The number of rotatable bonds is 4. The zero-order valence-corrected chi connectivity index (χ0v) is 9.54. The molecule has 0 spiro atoms. The number of hydrogen-bond donors (Lipinski definition) is 0. The van der Waals surface area contributed by atoms with Gasteiger partial charge in [-0.2, -0.15) is 0 Å². The van der Waals surface area contributed by atoms with Crippen LogP contribution in [0, 0.1) is 5.92 Å². The van der Waals surface area contributed by atoms with Gasteiger partial charge in [-0.3, -0.25) is 0 Å². The maximum absolute atomic E-state index is 2.67. The summed E-state index contributed by atoms with van der Waals surface area (Å²) in [6, 6.07) is 0. The summed E-state index contributed by atoms with van der Waals surface area (Å²) in [7, 11) is 0. The molecule has 0 aromatic carbocycles. The van der Waals surface area contributed by atoms with Crippen LogP contribution in [0.25, 0.3) is 0 Å². The van der Waals surface area contributed by atoms with Crippen LogP contribution in [0.1, 0.15) is 32.6 Å². The van der Waals surface area contributed by atoms with Gasteiger partial charge in [0.2, 0.25) is 0 Å². The minimum absolute atomic E-state index is 0.972. The first-order valence-electron chi connectivity index (χ1n) is 6.33. The Balaban J connectivity index is 1.67. The maximum atomic E-state index is 2.67. The van der Waals surface area contributed by atoms with E-state index in [1.165, 1.54) is 65.0 Å². The summed E-state index contributed by atoms with van der Waals surface area (Å²) in [5.74, 6) is 0.972. The second-order valence-corrected chi connectivity index (χ2v) is 4.96. The molecule has 2 nitrogen and oxygen atoms in total. The predicted octanol–water partition coefficient (Wildman–Crippen LogP) is 1.81. The molecule has 2 heterocycles. The summed E-state index contributed by atoms with van der Waals surface area (Å²) in [6.45, 7) is 10.4. The summed E-state index contributed by atoms with van der Waals surface area (Å²) < 4.78 is 0. The molecular formula is C12H24N2. The van der Waals surface area contributed by atoms with Crippen molar-refractivity contribution in [1.29, 1.82) is 0 Å². The van der Waals surface area contributed by atoms with E-state index in [0.29, 0.717) is 0 Å². The van der Waals surface area contributed by atoms with Crippen molar-refractivity contribution in [1.82, 2.24) is 9.80 Å². The molecule has 2 aliphatic heterocycles. The Hall–Kier alpha value is -0.0800. The van der Waals surface area contributed by atoms with E-state index in [2.05, 4.69) is 16.7 Å². The Labute approximate surface area is 88.3 Å². The van der Waals surface area contributed by atoms with Gasteiger partial charge in [0.05, 0.1) is 0 Å². The maximum Gasteiger partial charge on any atom is 0.00224 e. The third-order valence-electron chi connectivity index (χ3n) is 3.62. The molecule has 0 aliphatic carbocycles. The van der Waals surface area contributed by atoms with Crippen LogP contribution >= 0.6 is 0 Å². The molecule has 0 N–H and O–H groups in total. The standard InChI is InChI=1S/C12H24N2/c1-2-6-13-9-5-12(10-13)11-14-7-3-4-8-14/h12H,2-11H2,1H3. The number of nitrogens with zero attached hydrogens (tertiary/aromatic N) is 2. The normalized spacial score (nSPS) is 30.2. The summed E-state index contributed by atoms with van der Waals surface area (Å²) >= 11 is 0. The lowest BCUT2D eigenvalue weighted by molar-refractivity contribution is 0.264. The lowest BCUT2D eigenvalue weighted by Gasteiger charge is -2.20. The van der Waals surface area contributed by atoms with Crippen molar-refractivity contribution in [3.63, 3.8) is 0 Å². The average molecular weight is 196 g/mol. The predicted molar refractivity (Wildman–Crippen MR) is 60.5 cm³/mol. The molecule has 0 saturated carbocycles. The molecular weight excluding hydrogens is 172 g/mol. The second kappa shape index (κ2) is 5.13. The Morgan fingerprint density at radius 1 is 1.07 bits per heavy atom. The van der Waals surface area contributed by atoms with Crippen LogP contribution in [0.15, 0.2) is 0 Å². The Morgan fingerprint density at radius 3 is 2.57 bits per heavy atom. The van der Waals surface area contributed by atoms with E-state index in [9.17, 15) is 0 Å². The van der Waals surface area contributed by atoms with Crippen LogP contribution in [-0.4, -0.2) is 49.1 Å². The van der Waals surface area contributed by atoms with Crippen molar-refractivity contribution < 1.29 is 0 Å². The van der Waals surface area contributed by atoms with Gasteiger partial charge in [0.15, 0.2) is 0 Å². The van der Waals surface area contributed by atoms with Gasteiger partial charge >= 0.3 is 0 Å². The lowest BCUT2D eigenvalue weighted by atomic mass is 10.1. The third-order valence-corrected chi connectivity index (χ3v) is 3.62. The molecule has 0 aromatic heterocycles. The zero-order chi connectivity index (χ0) is 9.80. The fraction of sp³-hybridized carbons (Fsp3) is 1.00. The highest BCUT2D eigenvalue weighted by atomic mass is 15.2. The molecule has 82 valence electrons. The summed E-state index contributed by atoms with van der Waals surface area (Å²) in [6.07, 6.45) is 5.63. The largest absolute Gasteiger partial charge is 0.303 e. The van der Waals surface area contributed by atoms with Crippen molar-refractivity contribution in [3.05, 3.63) is 0 Å². The van der Waals surface area contributed by atoms with E-state index in [0.717, 1.165) is 5.92 Å². The van der Waals surface area contributed by atoms with Crippen molar-refractivity contribution in [2.24, 2.45) is 5.92 Å². The van der Waals surface area contributed by atoms with E-state index < -0.39 is 0 Å². The highest BCUT2D eigenvalue weighted by molar-refractivity contribution is 4.79. The van der Waals surface area contributed by atoms with Gasteiger partial charge in [-0.25, -0.2) is 0 Å². The van der Waals surface area contributed by atoms with Crippen molar-refractivity contribution in [2.75, 3.05) is 39.3 Å². The first kappa shape index (κ1) is 10.4. The number of likely N-dealkylation sites (tertiary alicyclic amines) is 2. The van der Waals surface area contributed by atoms with Gasteiger partial charge in [-0.15, -0.1) is 0 Å². The minimum Gasteiger partial charge on any atom is -0.303 e. The van der Waals surface area contributed by atoms with Crippen molar-refractivity contribution in [2.45, 2.75) is 32.6 Å². The molecule has 0 aromatic rings. The molecule has 1 unspecified atom stereocenters. The van der Waals surface area contributed by atoms with Gasteiger partial charge in [0.1, 0.15) is 0 Å². The van der Waals surface area contributed by atoms with Gasteiger partial charge in [0, 0.05) is 13.1 Å². The van der Waals surface area contributed by atoms with E-state index >= 15 is 0 Å². The molecule has 2 fully saturated rings.